The highest BCUT2D eigenvalue weighted by molar-refractivity contribution is 8.23. The number of aliphatic imine (C=N–C) groups is 1. The van der Waals surface area contributed by atoms with Crippen LogP contribution in [0.2, 0.25) is 0 Å². The summed E-state index contributed by atoms with van der Waals surface area (Å²) in [4.78, 5) is 21.2. The molecule has 0 aromatic heterocycles. The SMILES string of the molecule is CS(O)(O)c1ccc(CNC2CCC(C(=Nc3ccc(F)cc3)C(C=N)C(=O)N3CCC(c4ccccc4)C3)CC2)cc1. The summed E-state index contributed by atoms with van der Waals surface area (Å²) >= 11 is 0. The fourth-order valence-corrected chi connectivity index (χ4v) is 6.89. The molecule has 1 saturated heterocycles. The number of carbonyl (C=O) groups excluding carboxylic acids is 1. The quantitative estimate of drug-likeness (QED) is 0.183. The highest BCUT2D eigenvalue weighted by atomic mass is 32.3. The van der Waals surface area contributed by atoms with Crippen molar-refractivity contribution >= 4 is 34.1 Å². The first-order valence-electron chi connectivity index (χ1n) is 14.9. The molecule has 2 atom stereocenters. The summed E-state index contributed by atoms with van der Waals surface area (Å²) in [5, 5.41) is 11.9. The largest absolute Gasteiger partial charge is 0.341 e. The molecule has 9 heteroatoms. The number of benzene rings is 3. The molecule has 2 unspecified atom stereocenters. The average molecular weight is 605 g/mol. The molecule has 5 rings (SSSR count). The van der Waals surface area contributed by atoms with Crippen LogP contribution in [0.3, 0.4) is 0 Å². The maximum Gasteiger partial charge on any atom is 0.236 e. The van der Waals surface area contributed by atoms with Crippen LogP contribution in [-0.4, -0.2) is 57.2 Å². The van der Waals surface area contributed by atoms with Crippen LogP contribution < -0.4 is 5.32 Å². The van der Waals surface area contributed by atoms with Crippen LogP contribution in [0.15, 0.2) is 88.8 Å². The van der Waals surface area contributed by atoms with E-state index < -0.39 is 16.5 Å². The van der Waals surface area contributed by atoms with Gasteiger partial charge in [-0.3, -0.25) is 18.9 Å². The van der Waals surface area contributed by atoms with Gasteiger partial charge in [0.2, 0.25) is 5.91 Å². The lowest BCUT2D eigenvalue weighted by Crippen LogP contribution is -2.43. The van der Waals surface area contributed by atoms with Crippen molar-refractivity contribution < 1.29 is 18.3 Å². The van der Waals surface area contributed by atoms with Crippen LogP contribution in [0.4, 0.5) is 10.1 Å². The van der Waals surface area contributed by atoms with Crippen LogP contribution in [0.1, 0.15) is 49.1 Å². The third-order valence-corrected chi connectivity index (χ3v) is 9.88. The molecule has 1 aliphatic carbocycles. The Kier molecular flexibility index (Phi) is 10.1. The second kappa shape index (κ2) is 13.9. The molecule has 1 heterocycles. The second-order valence-corrected chi connectivity index (χ2v) is 13.9. The predicted molar refractivity (Wildman–Crippen MR) is 172 cm³/mol. The zero-order valence-electron chi connectivity index (χ0n) is 24.5. The van der Waals surface area contributed by atoms with Crippen LogP contribution >= 0.6 is 10.6 Å². The van der Waals surface area contributed by atoms with Crippen molar-refractivity contribution in [2.45, 2.75) is 55.5 Å². The first kappa shape index (κ1) is 31.1. The van der Waals surface area contributed by atoms with Gasteiger partial charge < -0.3 is 15.6 Å². The van der Waals surface area contributed by atoms with Crippen molar-refractivity contribution in [3.63, 3.8) is 0 Å². The van der Waals surface area contributed by atoms with Gasteiger partial charge in [0.1, 0.15) is 11.7 Å². The molecular weight excluding hydrogens is 563 g/mol. The average Bonchev–Trinajstić information content (AvgIpc) is 3.52. The third-order valence-electron chi connectivity index (χ3n) is 8.72. The van der Waals surface area contributed by atoms with Gasteiger partial charge in [-0.1, -0.05) is 42.5 Å². The Morgan fingerprint density at radius 1 is 1.02 bits per heavy atom. The van der Waals surface area contributed by atoms with Gasteiger partial charge in [-0.2, -0.15) is 10.6 Å². The maximum atomic E-state index is 13.9. The van der Waals surface area contributed by atoms with Crippen molar-refractivity contribution in [2.24, 2.45) is 16.8 Å². The van der Waals surface area contributed by atoms with Crippen molar-refractivity contribution in [1.82, 2.24) is 10.2 Å². The fraction of sp³-hybridized carbons (Fsp3) is 0.382. The smallest absolute Gasteiger partial charge is 0.236 e. The molecule has 0 radical (unpaired) electrons. The standard InChI is InChI=1S/C34H41FN4O3S/c1-43(41,42)31-17-7-24(8-18-31)22-37-29-13-9-26(10-14-29)33(38-30-15-11-28(35)12-16-30)32(21-36)34(40)39-20-19-27(23-39)25-5-3-2-4-6-25/h2-8,11-12,15-18,21,26-27,29,32,36-37,41-42H,9-10,13-14,19-20,22-23H2,1H3. The molecule has 0 spiro atoms. The van der Waals surface area contributed by atoms with E-state index in [1.807, 2.05) is 35.2 Å². The van der Waals surface area contributed by atoms with E-state index >= 15 is 0 Å². The Balaban J connectivity index is 1.26. The molecule has 2 fully saturated rings. The van der Waals surface area contributed by atoms with E-state index in [1.54, 1.807) is 24.3 Å². The minimum Gasteiger partial charge on any atom is -0.341 e. The molecule has 0 bridgehead atoms. The molecule has 1 amide bonds. The van der Waals surface area contributed by atoms with E-state index in [9.17, 15) is 18.3 Å². The number of likely N-dealkylation sites (tertiary alicyclic amines) is 1. The summed E-state index contributed by atoms with van der Waals surface area (Å²) in [6, 6.07) is 23.9. The van der Waals surface area contributed by atoms with E-state index in [0.717, 1.165) is 37.7 Å². The Bertz CT molecular complexity index is 1400. The monoisotopic (exact) mass is 604 g/mol. The van der Waals surface area contributed by atoms with E-state index in [1.165, 1.54) is 30.2 Å². The summed E-state index contributed by atoms with van der Waals surface area (Å²) in [5.74, 6) is -0.849. The van der Waals surface area contributed by atoms with E-state index in [2.05, 4.69) is 17.4 Å². The minimum atomic E-state index is -2.72. The molecule has 7 nitrogen and oxygen atoms in total. The number of amides is 1. The van der Waals surface area contributed by atoms with Crippen LogP contribution in [0, 0.1) is 23.1 Å². The van der Waals surface area contributed by atoms with Crippen LogP contribution in [-0.2, 0) is 11.3 Å². The van der Waals surface area contributed by atoms with Gasteiger partial charge in [-0.05, 0) is 85.5 Å². The fourth-order valence-electron chi connectivity index (χ4n) is 6.24. The normalized spacial score (nSPS) is 22.3. The Morgan fingerprint density at radius 3 is 2.33 bits per heavy atom. The molecule has 4 N–H and O–H groups in total. The molecule has 3 aromatic rings. The molecular formula is C34H41FN4O3S. The van der Waals surface area contributed by atoms with Crippen molar-refractivity contribution in [1.29, 1.82) is 5.41 Å². The summed E-state index contributed by atoms with van der Waals surface area (Å²) in [5.41, 5.74) is 3.59. The number of hydrogen-bond acceptors (Lipinski definition) is 6. The van der Waals surface area contributed by atoms with Crippen molar-refractivity contribution in [3.05, 3.63) is 95.8 Å². The van der Waals surface area contributed by atoms with Crippen LogP contribution in [0.25, 0.3) is 0 Å². The van der Waals surface area contributed by atoms with Crippen LogP contribution in [0.5, 0.6) is 0 Å². The lowest BCUT2D eigenvalue weighted by molar-refractivity contribution is -0.130. The number of nitrogens with one attached hydrogen (secondary N) is 2. The summed E-state index contributed by atoms with van der Waals surface area (Å²) < 4.78 is 33.4. The number of nitrogens with zero attached hydrogens (tertiary/aromatic N) is 2. The van der Waals surface area contributed by atoms with E-state index in [-0.39, 0.29) is 23.6 Å². The van der Waals surface area contributed by atoms with Gasteiger partial charge >= 0.3 is 0 Å². The molecule has 1 aliphatic heterocycles. The first-order chi connectivity index (χ1) is 20.7. The summed E-state index contributed by atoms with van der Waals surface area (Å²) in [6.45, 7) is 1.96. The highest BCUT2D eigenvalue weighted by Gasteiger charge is 2.37. The van der Waals surface area contributed by atoms with Gasteiger partial charge in [-0.15, -0.1) is 0 Å². The predicted octanol–water partition coefficient (Wildman–Crippen LogP) is 7.27. The summed E-state index contributed by atoms with van der Waals surface area (Å²) in [7, 11) is -2.72. The van der Waals surface area contributed by atoms with Gasteiger partial charge in [0, 0.05) is 49.8 Å². The lowest BCUT2D eigenvalue weighted by Gasteiger charge is -2.33. The maximum absolute atomic E-state index is 13.9. The minimum absolute atomic E-state index is 0.0419. The highest BCUT2D eigenvalue weighted by Crippen LogP contribution is 2.43. The van der Waals surface area contributed by atoms with E-state index in [4.69, 9.17) is 10.4 Å². The first-order valence-corrected chi connectivity index (χ1v) is 16.9. The zero-order valence-corrected chi connectivity index (χ0v) is 25.3. The summed E-state index contributed by atoms with van der Waals surface area (Å²) in [6.07, 6.45) is 7.02. The molecule has 228 valence electrons. The number of carbonyl (C=O) groups is 1. The third kappa shape index (κ3) is 7.97. The number of rotatable bonds is 10. The Hall–Kier alpha value is -3.37. The topological polar surface area (TPSA) is 109 Å². The van der Waals surface area contributed by atoms with E-state index in [0.29, 0.717) is 42.0 Å². The Labute approximate surface area is 255 Å². The van der Waals surface area contributed by atoms with Gasteiger partial charge in [0.05, 0.1) is 10.6 Å². The zero-order chi connectivity index (χ0) is 30.4. The van der Waals surface area contributed by atoms with Gasteiger partial charge in [-0.25, -0.2) is 4.39 Å². The number of halogens is 1. The van der Waals surface area contributed by atoms with Crippen molar-refractivity contribution in [3.8, 4) is 0 Å². The number of hydrogen-bond donors (Lipinski definition) is 4. The molecule has 3 aromatic carbocycles. The second-order valence-electron chi connectivity index (χ2n) is 11.7. The van der Waals surface area contributed by atoms with Crippen molar-refractivity contribution in [2.75, 3.05) is 19.3 Å². The van der Waals surface area contributed by atoms with Gasteiger partial charge in [0.15, 0.2) is 0 Å². The molecule has 1 saturated carbocycles. The molecule has 2 aliphatic rings. The lowest BCUT2D eigenvalue weighted by atomic mass is 9.78. The van der Waals surface area contributed by atoms with Gasteiger partial charge in [0.25, 0.3) is 0 Å². The Morgan fingerprint density at radius 2 is 1.70 bits per heavy atom. The molecule has 43 heavy (non-hydrogen) atoms.